The molecule has 6 heteroatoms. The molecule has 0 aliphatic carbocycles. The third kappa shape index (κ3) is 2.67. The summed E-state index contributed by atoms with van der Waals surface area (Å²) in [5.41, 5.74) is 0.620. The molecule has 96 valence electrons. The van der Waals surface area contributed by atoms with E-state index in [0.717, 1.165) is 0 Å². The predicted octanol–water partition coefficient (Wildman–Crippen LogP) is 2.52. The van der Waals surface area contributed by atoms with E-state index >= 15 is 0 Å². The molecule has 1 aliphatic heterocycles. The van der Waals surface area contributed by atoms with Gasteiger partial charge in [0.15, 0.2) is 0 Å². The summed E-state index contributed by atoms with van der Waals surface area (Å²) >= 11 is 9.26. The predicted molar refractivity (Wildman–Crippen MR) is 73.5 cm³/mol. The van der Waals surface area contributed by atoms with Gasteiger partial charge in [0.05, 0.1) is 21.1 Å². The first kappa shape index (κ1) is 13.4. The van der Waals surface area contributed by atoms with E-state index in [0.29, 0.717) is 21.7 Å². The summed E-state index contributed by atoms with van der Waals surface area (Å²) in [4.78, 5) is 25.0. The van der Waals surface area contributed by atoms with Gasteiger partial charge in [-0.1, -0.05) is 17.7 Å². The van der Waals surface area contributed by atoms with Crippen molar-refractivity contribution in [2.24, 2.45) is 5.92 Å². The highest BCUT2D eigenvalue weighted by molar-refractivity contribution is 9.10. The minimum Gasteiger partial charge on any atom is -0.345 e. The summed E-state index contributed by atoms with van der Waals surface area (Å²) in [5, 5.41) is 3.32. The van der Waals surface area contributed by atoms with E-state index in [4.69, 9.17) is 11.6 Å². The van der Waals surface area contributed by atoms with E-state index in [1.165, 1.54) is 0 Å². The van der Waals surface area contributed by atoms with Gasteiger partial charge in [-0.3, -0.25) is 9.59 Å². The molecule has 1 aliphatic rings. The largest absolute Gasteiger partial charge is 0.345 e. The monoisotopic (exact) mass is 330 g/mol. The number of nitrogens with zero attached hydrogens (tertiary/aromatic N) is 1. The van der Waals surface area contributed by atoms with E-state index in [-0.39, 0.29) is 24.2 Å². The molecule has 1 heterocycles. The lowest BCUT2D eigenvalue weighted by Gasteiger charge is -2.12. The van der Waals surface area contributed by atoms with Crippen LogP contribution in [0.15, 0.2) is 22.7 Å². The molecule has 0 aromatic heterocycles. The van der Waals surface area contributed by atoms with Crippen molar-refractivity contribution in [3.8, 4) is 0 Å². The molecule has 0 bridgehead atoms. The third-order valence-corrected chi connectivity index (χ3v) is 4.32. The van der Waals surface area contributed by atoms with Gasteiger partial charge in [0.1, 0.15) is 0 Å². The molecule has 1 atom stereocenters. The smallest absolute Gasteiger partial charge is 0.229 e. The molecule has 18 heavy (non-hydrogen) atoms. The zero-order chi connectivity index (χ0) is 13.3. The highest BCUT2D eigenvalue weighted by Gasteiger charge is 2.32. The first-order valence-corrected chi connectivity index (χ1v) is 6.65. The Labute approximate surface area is 118 Å². The number of nitrogens with one attached hydrogen (secondary N) is 1. The maximum absolute atomic E-state index is 12.0. The normalized spacial score (nSPS) is 19.2. The van der Waals surface area contributed by atoms with Crippen molar-refractivity contribution in [1.29, 1.82) is 0 Å². The fourth-order valence-corrected chi connectivity index (χ4v) is 2.41. The van der Waals surface area contributed by atoms with Crippen LogP contribution in [-0.4, -0.2) is 30.3 Å². The second-order valence-electron chi connectivity index (χ2n) is 4.27. The molecule has 1 aromatic rings. The fourth-order valence-electron chi connectivity index (χ4n) is 1.87. The highest BCUT2D eigenvalue weighted by Crippen LogP contribution is 2.30. The van der Waals surface area contributed by atoms with Gasteiger partial charge >= 0.3 is 0 Å². The van der Waals surface area contributed by atoms with E-state index in [1.54, 1.807) is 30.1 Å². The van der Waals surface area contributed by atoms with Gasteiger partial charge < -0.3 is 10.2 Å². The molecule has 1 N–H and O–H groups in total. The van der Waals surface area contributed by atoms with Crippen molar-refractivity contribution >= 4 is 45.0 Å². The summed E-state index contributed by atoms with van der Waals surface area (Å²) in [6, 6.07) is 5.25. The molecule has 2 rings (SSSR count). The second-order valence-corrected chi connectivity index (χ2v) is 5.47. The molecule has 2 amide bonds. The lowest BCUT2D eigenvalue weighted by atomic mass is 10.1. The Bertz CT molecular complexity index is 507. The number of rotatable bonds is 2. The third-order valence-electron chi connectivity index (χ3n) is 2.92. The zero-order valence-electron chi connectivity index (χ0n) is 9.74. The standard InChI is InChI=1S/C12H12BrClN2O2/c1-16-6-7(5-10(16)17)12(18)15-9-4-2-3-8(14)11(9)13/h2-4,7H,5-6H2,1H3,(H,15,18)/t7-/m0/s1. The van der Waals surface area contributed by atoms with Crippen LogP contribution in [0.5, 0.6) is 0 Å². The fraction of sp³-hybridized carbons (Fsp3) is 0.333. The molecular weight excluding hydrogens is 320 g/mol. The molecule has 0 unspecified atom stereocenters. The maximum Gasteiger partial charge on any atom is 0.229 e. The lowest BCUT2D eigenvalue weighted by molar-refractivity contribution is -0.127. The summed E-state index contributed by atoms with van der Waals surface area (Å²) in [6.45, 7) is 0.461. The van der Waals surface area contributed by atoms with Gasteiger partial charge in [-0.25, -0.2) is 0 Å². The number of halogens is 2. The Hall–Kier alpha value is -1.07. The second kappa shape index (κ2) is 5.28. The van der Waals surface area contributed by atoms with Crippen molar-refractivity contribution in [1.82, 2.24) is 4.90 Å². The number of carbonyl (C=O) groups excluding carboxylic acids is 2. The van der Waals surface area contributed by atoms with Crippen LogP contribution < -0.4 is 5.32 Å². The van der Waals surface area contributed by atoms with Crippen LogP contribution in [0.3, 0.4) is 0 Å². The van der Waals surface area contributed by atoms with Gasteiger partial charge in [0, 0.05) is 20.0 Å². The van der Waals surface area contributed by atoms with Crippen LogP contribution in [0.25, 0.3) is 0 Å². The van der Waals surface area contributed by atoms with Crippen LogP contribution in [0.2, 0.25) is 5.02 Å². The Kier molecular flexibility index (Phi) is 3.92. The molecule has 0 saturated carbocycles. The Morgan fingerprint density at radius 3 is 2.89 bits per heavy atom. The van der Waals surface area contributed by atoms with E-state index in [9.17, 15) is 9.59 Å². The Balaban J connectivity index is 2.08. The van der Waals surface area contributed by atoms with Gasteiger partial charge in [-0.05, 0) is 28.1 Å². The minimum absolute atomic E-state index is 0.000287. The Morgan fingerprint density at radius 2 is 2.28 bits per heavy atom. The number of amides is 2. The number of hydrogen-bond donors (Lipinski definition) is 1. The molecule has 0 spiro atoms. The topological polar surface area (TPSA) is 49.4 Å². The van der Waals surface area contributed by atoms with Crippen molar-refractivity contribution < 1.29 is 9.59 Å². The van der Waals surface area contributed by atoms with Gasteiger partial charge in [-0.15, -0.1) is 0 Å². The van der Waals surface area contributed by atoms with E-state index in [1.807, 2.05) is 0 Å². The Morgan fingerprint density at radius 1 is 1.56 bits per heavy atom. The van der Waals surface area contributed by atoms with Crippen molar-refractivity contribution in [2.45, 2.75) is 6.42 Å². The van der Waals surface area contributed by atoms with Crippen LogP contribution in [0.1, 0.15) is 6.42 Å². The quantitative estimate of drug-likeness (QED) is 0.905. The summed E-state index contributed by atoms with van der Waals surface area (Å²) < 4.78 is 0.651. The molecule has 1 fully saturated rings. The van der Waals surface area contributed by atoms with E-state index in [2.05, 4.69) is 21.2 Å². The number of likely N-dealkylation sites (tertiary alicyclic amines) is 1. The minimum atomic E-state index is -0.298. The van der Waals surface area contributed by atoms with Crippen molar-refractivity contribution in [3.63, 3.8) is 0 Å². The number of carbonyl (C=O) groups is 2. The van der Waals surface area contributed by atoms with Crippen LogP contribution >= 0.6 is 27.5 Å². The zero-order valence-corrected chi connectivity index (χ0v) is 12.1. The SMILES string of the molecule is CN1C[C@@H](C(=O)Nc2cccc(Cl)c2Br)CC1=O. The van der Waals surface area contributed by atoms with Gasteiger partial charge in [-0.2, -0.15) is 0 Å². The highest BCUT2D eigenvalue weighted by atomic mass is 79.9. The average Bonchev–Trinajstić information content (AvgIpc) is 2.66. The molecule has 1 saturated heterocycles. The van der Waals surface area contributed by atoms with Crippen molar-refractivity contribution in [2.75, 3.05) is 18.9 Å². The molecular formula is C12H12BrClN2O2. The number of anilines is 1. The first-order valence-electron chi connectivity index (χ1n) is 5.48. The average molecular weight is 332 g/mol. The maximum atomic E-state index is 12.0. The van der Waals surface area contributed by atoms with Crippen molar-refractivity contribution in [3.05, 3.63) is 27.7 Å². The number of benzene rings is 1. The molecule has 0 radical (unpaired) electrons. The summed E-state index contributed by atoms with van der Waals surface area (Å²) in [5.74, 6) is -0.454. The van der Waals surface area contributed by atoms with Gasteiger partial charge in [0.25, 0.3) is 0 Å². The molecule has 1 aromatic carbocycles. The first-order chi connectivity index (χ1) is 8.49. The summed E-state index contributed by atoms with van der Waals surface area (Å²) in [6.07, 6.45) is 0.264. The summed E-state index contributed by atoms with van der Waals surface area (Å²) in [7, 11) is 1.70. The van der Waals surface area contributed by atoms with Gasteiger partial charge in [0.2, 0.25) is 11.8 Å². The van der Waals surface area contributed by atoms with E-state index < -0.39 is 0 Å². The lowest BCUT2D eigenvalue weighted by Crippen LogP contribution is -2.25. The number of hydrogen-bond acceptors (Lipinski definition) is 2. The van der Waals surface area contributed by atoms with Crippen LogP contribution in [0.4, 0.5) is 5.69 Å². The molecule has 4 nitrogen and oxygen atoms in total. The van der Waals surface area contributed by atoms with Crippen LogP contribution in [-0.2, 0) is 9.59 Å². The van der Waals surface area contributed by atoms with Crippen LogP contribution in [0, 0.1) is 5.92 Å².